The van der Waals surface area contributed by atoms with Crippen molar-refractivity contribution >= 4 is 17.4 Å². The molecule has 1 amide bonds. The maximum Gasteiger partial charge on any atom is 0.223 e. The second-order valence-electron chi connectivity index (χ2n) is 5.12. The molecule has 2 aliphatic rings. The molecule has 2 aliphatic heterocycles. The summed E-state index contributed by atoms with van der Waals surface area (Å²) in [7, 11) is 0. The van der Waals surface area contributed by atoms with Gasteiger partial charge in [0.25, 0.3) is 0 Å². The molecule has 0 saturated carbocycles. The lowest BCUT2D eigenvalue weighted by Crippen LogP contribution is -2.51. The summed E-state index contributed by atoms with van der Waals surface area (Å²) < 4.78 is 0. The van der Waals surface area contributed by atoms with Crippen molar-refractivity contribution in [3.05, 3.63) is 17.8 Å². The lowest BCUT2D eigenvalue weighted by atomic mass is 10.1. The van der Waals surface area contributed by atoms with E-state index in [2.05, 4.69) is 9.88 Å². The van der Waals surface area contributed by atoms with E-state index >= 15 is 0 Å². The molecule has 1 unspecified atom stereocenters. The summed E-state index contributed by atoms with van der Waals surface area (Å²) >= 11 is 0. The minimum absolute atomic E-state index is 0.307. The standard InChI is InChI=1S/C13H18N4O/c1-9-6-12(15-7-11(9)14)16-4-5-17-10(8-16)2-3-13(17)18/h6-7,10H,2-5,8,14H2,1H3. The summed E-state index contributed by atoms with van der Waals surface area (Å²) in [4.78, 5) is 20.3. The molecular weight excluding hydrogens is 228 g/mol. The molecule has 2 fully saturated rings. The SMILES string of the molecule is Cc1cc(N2CCN3C(=O)CCC3C2)ncc1N. The van der Waals surface area contributed by atoms with Crippen molar-refractivity contribution in [2.45, 2.75) is 25.8 Å². The molecule has 1 aromatic rings. The van der Waals surface area contributed by atoms with Gasteiger partial charge in [0.15, 0.2) is 0 Å². The highest BCUT2D eigenvalue weighted by Gasteiger charge is 2.35. The number of hydrogen-bond acceptors (Lipinski definition) is 4. The van der Waals surface area contributed by atoms with Crippen LogP contribution in [0.5, 0.6) is 0 Å². The molecule has 5 heteroatoms. The fourth-order valence-corrected chi connectivity index (χ4v) is 2.80. The molecule has 0 aromatic carbocycles. The lowest BCUT2D eigenvalue weighted by Gasteiger charge is -2.38. The van der Waals surface area contributed by atoms with Crippen LogP contribution in [0.15, 0.2) is 12.3 Å². The van der Waals surface area contributed by atoms with E-state index in [0.29, 0.717) is 18.4 Å². The smallest absolute Gasteiger partial charge is 0.223 e. The van der Waals surface area contributed by atoms with Gasteiger partial charge in [0.2, 0.25) is 5.91 Å². The molecule has 1 aromatic heterocycles. The van der Waals surface area contributed by atoms with Crippen molar-refractivity contribution in [2.24, 2.45) is 0 Å². The molecule has 0 spiro atoms. The number of rotatable bonds is 1. The van der Waals surface area contributed by atoms with Gasteiger partial charge >= 0.3 is 0 Å². The van der Waals surface area contributed by atoms with Gasteiger partial charge in [-0.15, -0.1) is 0 Å². The molecule has 2 N–H and O–H groups in total. The Bertz CT molecular complexity index is 488. The van der Waals surface area contributed by atoms with Gasteiger partial charge in [-0.1, -0.05) is 0 Å². The highest BCUT2D eigenvalue weighted by atomic mass is 16.2. The minimum Gasteiger partial charge on any atom is -0.397 e. The molecule has 3 heterocycles. The van der Waals surface area contributed by atoms with E-state index < -0.39 is 0 Å². The van der Waals surface area contributed by atoms with Gasteiger partial charge in [-0.05, 0) is 25.0 Å². The van der Waals surface area contributed by atoms with Gasteiger partial charge in [-0.2, -0.15) is 0 Å². The quantitative estimate of drug-likeness (QED) is 0.795. The Morgan fingerprint density at radius 2 is 2.28 bits per heavy atom. The number of hydrogen-bond donors (Lipinski definition) is 1. The van der Waals surface area contributed by atoms with Gasteiger partial charge in [0.05, 0.1) is 11.9 Å². The van der Waals surface area contributed by atoms with Crippen molar-refractivity contribution in [3.8, 4) is 0 Å². The fourth-order valence-electron chi connectivity index (χ4n) is 2.80. The topological polar surface area (TPSA) is 62.5 Å². The van der Waals surface area contributed by atoms with E-state index in [1.807, 2.05) is 17.9 Å². The van der Waals surface area contributed by atoms with E-state index in [4.69, 9.17) is 5.73 Å². The number of pyridine rings is 1. The second-order valence-corrected chi connectivity index (χ2v) is 5.12. The van der Waals surface area contributed by atoms with Crippen molar-refractivity contribution in [2.75, 3.05) is 30.3 Å². The van der Waals surface area contributed by atoms with Gasteiger partial charge in [-0.25, -0.2) is 4.98 Å². The summed E-state index contributed by atoms with van der Waals surface area (Å²) in [6.07, 6.45) is 3.40. The van der Waals surface area contributed by atoms with E-state index in [1.54, 1.807) is 6.20 Å². The Morgan fingerprint density at radius 3 is 3.06 bits per heavy atom. The molecule has 0 aliphatic carbocycles. The number of amides is 1. The number of anilines is 2. The average Bonchev–Trinajstić information content (AvgIpc) is 2.74. The van der Waals surface area contributed by atoms with Crippen LogP contribution in [0.3, 0.4) is 0 Å². The molecule has 18 heavy (non-hydrogen) atoms. The van der Waals surface area contributed by atoms with E-state index in [-0.39, 0.29) is 0 Å². The molecule has 1 atom stereocenters. The third-order valence-electron chi connectivity index (χ3n) is 3.96. The third-order valence-corrected chi connectivity index (χ3v) is 3.96. The van der Waals surface area contributed by atoms with Crippen LogP contribution in [0.25, 0.3) is 0 Å². The lowest BCUT2D eigenvalue weighted by molar-refractivity contribution is -0.129. The predicted octanol–water partition coefficient (Wildman–Crippen LogP) is 0.783. The van der Waals surface area contributed by atoms with Gasteiger partial charge in [0, 0.05) is 32.1 Å². The van der Waals surface area contributed by atoms with E-state index in [1.165, 1.54) is 0 Å². The van der Waals surface area contributed by atoms with Gasteiger partial charge in [0.1, 0.15) is 5.82 Å². The zero-order valence-corrected chi connectivity index (χ0v) is 10.6. The Labute approximate surface area is 107 Å². The first-order chi connectivity index (χ1) is 8.65. The largest absolute Gasteiger partial charge is 0.397 e. The first-order valence-electron chi connectivity index (χ1n) is 6.41. The number of carbonyl (C=O) groups is 1. The maximum atomic E-state index is 11.6. The Morgan fingerprint density at radius 1 is 1.44 bits per heavy atom. The van der Waals surface area contributed by atoms with Crippen LogP contribution in [0.1, 0.15) is 18.4 Å². The Kier molecular flexibility index (Phi) is 2.61. The fraction of sp³-hybridized carbons (Fsp3) is 0.538. The molecular formula is C13H18N4O. The average molecular weight is 246 g/mol. The van der Waals surface area contributed by atoms with Crippen molar-refractivity contribution in [1.82, 2.24) is 9.88 Å². The molecule has 0 radical (unpaired) electrons. The summed E-state index contributed by atoms with van der Waals surface area (Å²) in [6, 6.07) is 2.40. The van der Waals surface area contributed by atoms with Crippen LogP contribution in [-0.4, -0.2) is 41.5 Å². The first kappa shape index (κ1) is 11.3. The van der Waals surface area contributed by atoms with Crippen LogP contribution in [0, 0.1) is 6.92 Å². The molecule has 3 rings (SSSR count). The van der Waals surface area contributed by atoms with Crippen LogP contribution in [0.4, 0.5) is 11.5 Å². The van der Waals surface area contributed by atoms with Gasteiger partial charge < -0.3 is 15.5 Å². The van der Waals surface area contributed by atoms with Crippen molar-refractivity contribution in [3.63, 3.8) is 0 Å². The number of nitrogen functional groups attached to an aromatic ring is 1. The second kappa shape index (κ2) is 4.15. The summed E-state index contributed by atoms with van der Waals surface area (Å²) in [6.45, 7) is 4.56. The number of aromatic nitrogens is 1. The number of piperazine rings is 1. The van der Waals surface area contributed by atoms with Gasteiger partial charge in [-0.3, -0.25) is 4.79 Å². The summed E-state index contributed by atoms with van der Waals surface area (Å²) in [5.74, 6) is 1.28. The van der Waals surface area contributed by atoms with Crippen LogP contribution in [-0.2, 0) is 4.79 Å². The van der Waals surface area contributed by atoms with Crippen LogP contribution in [0.2, 0.25) is 0 Å². The number of fused-ring (bicyclic) bond motifs is 1. The molecule has 5 nitrogen and oxygen atoms in total. The zero-order chi connectivity index (χ0) is 12.7. The highest BCUT2D eigenvalue weighted by molar-refractivity contribution is 5.79. The number of carbonyl (C=O) groups excluding carboxylic acids is 1. The molecule has 96 valence electrons. The minimum atomic E-state index is 0.307. The van der Waals surface area contributed by atoms with E-state index in [9.17, 15) is 4.79 Å². The summed E-state index contributed by atoms with van der Waals surface area (Å²) in [5.41, 5.74) is 7.58. The monoisotopic (exact) mass is 246 g/mol. The van der Waals surface area contributed by atoms with Crippen LogP contribution < -0.4 is 10.6 Å². The molecule has 0 bridgehead atoms. The Hall–Kier alpha value is -1.78. The predicted molar refractivity (Wildman–Crippen MR) is 70.3 cm³/mol. The first-order valence-corrected chi connectivity index (χ1v) is 6.41. The van der Waals surface area contributed by atoms with Crippen molar-refractivity contribution < 1.29 is 4.79 Å². The normalized spacial score (nSPS) is 23.4. The van der Waals surface area contributed by atoms with Crippen LogP contribution >= 0.6 is 0 Å². The third kappa shape index (κ3) is 1.79. The Balaban J connectivity index is 1.78. The number of aryl methyl sites for hydroxylation is 1. The van der Waals surface area contributed by atoms with E-state index in [0.717, 1.165) is 43.1 Å². The van der Waals surface area contributed by atoms with Crippen molar-refractivity contribution in [1.29, 1.82) is 0 Å². The number of nitrogens with zero attached hydrogens (tertiary/aromatic N) is 3. The zero-order valence-electron chi connectivity index (χ0n) is 10.6. The maximum absolute atomic E-state index is 11.6. The summed E-state index contributed by atoms with van der Waals surface area (Å²) in [5, 5.41) is 0. The highest BCUT2D eigenvalue weighted by Crippen LogP contribution is 2.26. The number of nitrogens with two attached hydrogens (primary N) is 1. The molecule has 2 saturated heterocycles.